The van der Waals surface area contributed by atoms with E-state index >= 15 is 0 Å². The average molecular weight is 503 g/mol. The monoisotopic (exact) mass is 502 g/mol. The van der Waals surface area contributed by atoms with Crippen molar-refractivity contribution in [3.05, 3.63) is 59.2 Å². The molecular formula is C26H33F3N6O. The van der Waals surface area contributed by atoms with E-state index in [-0.39, 0.29) is 11.7 Å². The zero-order valence-corrected chi connectivity index (χ0v) is 21.0. The molecule has 0 radical (unpaired) electrons. The Labute approximate surface area is 209 Å². The summed E-state index contributed by atoms with van der Waals surface area (Å²) in [6.07, 6.45) is -0.776. The minimum Gasteiger partial charge on any atom is -0.378 e. The number of methoxy groups -OCH3 is 1. The summed E-state index contributed by atoms with van der Waals surface area (Å²) in [6, 6.07) is 8.02. The second-order valence-electron chi connectivity index (χ2n) is 9.81. The van der Waals surface area contributed by atoms with Crippen LogP contribution in [0.15, 0.2) is 36.5 Å². The van der Waals surface area contributed by atoms with Gasteiger partial charge in [0, 0.05) is 39.5 Å². The van der Waals surface area contributed by atoms with Crippen molar-refractivity contribution in [2.75, 3.05) is 52.3 Å². The number of nitrogens with zero attached hydrogens (tertiary/aromatic N) is 6. The molecule has 0 aromatic carbocycles. The van der Waals surface area contributed by atoms with E-state index < -0.39 is 17.8 Å². The number of anilines is 1. The highest BCUT2D eigenvalue weighted by atomic mass is 19.4. The molecule has 7 nitrogen and oxygen atoms in total. The van der Waals surface area contributed by atoms with E-state index in [4.69, 9.17) is 9.72 Å². The number of likely N-dealkylation sites (N-methyl/N-ethyl adjacent to an activating group) is 1. The average Bonchev–Trinajstić information content (AvgIpc) is 3.23. The topological polar surface area (TPSA) is 49.1 Å². The third kappa shape index (κ3) is 4.57. The van der Waals surface area contributed by atoms with Gasteiger partial charge in [-0.3, -0.25) is 14.3 Å². The number of pyridine rings is 2. The van der Waals surface area contributed by atoms with E-state index in [1.807, 2.05) is 24.1 Å². The van der Waals surface area contributed by atoms with E-state index in [9.17, 15) is 13.2 Å². The Morgan fingerprint density at radius 3 is 2.39 bits per heavy atom. The molecule has 5 rings (SSSR count). The number of rotatable bonds is 5. The number of aromatic nitrogens is 3. The smallest absolute Gasteiger partial charge is 0.378 e. The molecule has 2 saturated heterocycles. The maximum absolute atomic E-state index is 13.8. The van der Waals surface area contributed by atoms with Crippen molar-refractivity contribution in [2.24, 2.45) is 0 Å². The molecule has 0 unspecified atom stereocenters. The quantitative estimate of drug-likeness (QED) is 0.511. The van der Waals surface area contributed by atoms with E-state index in [2.05, 4.69) is 32.3 Å². The van der Waals surface area contributed by atoms with Crippen LogP contribution >= 0.6 is 0 Å². The number of piperidine rings is 1. The molecule has 0 bridgehead atoms. The van der Waals surface area contributed by atoms with Crippen LogP contribution in [0.5, 0.6) is 0 Å². The van der Waals surface area contributed by atoms with Crippen molar-refractivity contribution in [3.63, 3.8) is 0 Å². The third-order valence-corrected chi connectivity index (χ3v) is 7.57. The second kappa shape index (κ2) is 9.99. The van der Waals surface area contributed by atoms with Gasteiger partial charge in [-0.05, 0) is 57.6 Å². The lowest BCUT2D eigenvalue weighted by molar-refractivity contribution is -0.139. The molecule has 0 N–H and O–H groups in total. The molecule has 194 valence electrons. The van der Waals surface area contributed by atoms with Crippen LogP contribution in [0, 0.1) is 0 Å². The Balaban J connectivity index is 1.56. The first-order valence-corrected chi connectivity index (χ1v) is 12.5. The number of hydrogen-bond acceptors (Lipinski definition) is 6. The summed E-state index contributed by atoms with van der Waals surface area (Å²) in [5.74, 6) is 1.07. The number of piperazine rings is 1. The second-order valence-corrected chi connectivity index (χ2v) is 9.81. The van der Waals surface area contributed by atoms with Gasteiger partial charge in [-0.25, -0.2) is 4.98 Å². The van der Waals surface area contributed by atoms with Crippen LogP contribution in [0.25, 0.3) is 5.65 Å². The summed E-state index contributed by atoms with van der Waals surface area (Å²) in [6.45, 7) is 4.17. The Kier molecular flexibility index (Phi) is 6.93. The van der Waals surface area contributed by atoms with Gasteiger partial charge in [-0.15, -0.1) is 0 Å². The summed E-state index contributed by atoms with van der Waals surface area (Å²) in [4.78, 5) is 16.0. The SMILES string of the molecule is COCc1c([C@H]2CCC[C@@H](c3ncccc3C(F)(F)F)N2C)nc2cccc(N3CCN(C)CC3)n12. The largest absolute Gasteiger partial charge is 0.418 e. The van der Waals surface area contributed by atoms with Crippen molar-refractivity contribution in [2.45, 2.75) is 44.1 Å². The van der Waals surface area contributed by atoms with Crippen molar-refractivity contribution < 1.29 is 17.9 Å². The normalized spacial score (nSPS) is 22.4. The van der Waals surface area contributed by atoms with Gasteiger partial charge in [0.15, 0.2) is 0 Å². The third-order valence-electron chi connectivity index (χ3n) is 7.57. The lowest BCUT2D eigenvalue weighted by Gasteiger charge is -2.39. The fourth-order valence-electron chi connectivity index (χ4n) is 5.69. The summed E-state index contributed by atoms with van der Waals surface area (Å²) < 4.78 is 49.2. The van der Waals surface area contributed by atoms with Crippen LogP contribution in [0.3, 0.4) is 0 Å². The number of imidazole rings is 1. The minimum absolute atomic E-state index is 0.0902. The van der Waals surface area contributed by atoms with Crippen LogP contribution in [0.4, 0.5) is 19.0 Å². The molecule has 0 saturated carbocycles. The number of halogens is 3. The molecule has 3 aromatic heterocycles. The first kappa shape index (κ1) is 25.0. The number of hydrogen-bond donors (Lipinski definition) is 0. The van der Waals surface area contributed by atoms with Gasteiger partial charge in [-0.1, -0.05) is 6.07 Å². The summed E-state index contributed by atoms with van der Waals surface area (Å²) >= 11 is 0. The first-order chi connectivity index (χ1) is 17.3. The zero-order valence-electron chi connectivity index (χ0n) is 21.0. The number of fused-ring (bicyclic) bond motifs is 1. The van der Waals surface area contributed by atoms with Crippen LogP contribution in [-0.2, 0) is 17.5 Å². The van der Waals surface area contributed by atoms with E-state index in [0.717, 1.165) is 67.9 Å². The molecule has 2 atom stereocenters. The highest BCUT2D eigenvalue weighted by Crippen LogP contribution is 2.44. The molecule has 10 heteroatoms. The molecule has 0 aliphatic carbocycles. The van der Waals surface area contributed by atoms with Gasteiger partial charge in [-0.2, -0.15) is 13.2 Å². The molecular weight excluding hydrogens is 469 g/mol. The summed E-state index contributed by atoms with van der Waals surface area (Å²) in [5.41, 5.74) is 2.09. The van der Waals surface area contributed by atoms with Crippen molar-refractivity contribution in [1.29, 1.82) is 0 Å². The van der Waals surface area contributed by atoms with Crippen molar-refractivity contribution in [3.8, 4) is 0 Å². The molecule has 2 fully saturated rings. The van der Waals surface area contributed by atoms with Gasteiger partial charge in [0.25, 0.3) is 0 Å². The maximum atomic E-state index is 13.8. The number of alkyl halides is 3. The standard InChI is InChI=1S/C26H33F3N6O/c1-32-13-15-34(16-14-32)23-11-5-10-22-31-25(21(17-36-3)35(22)23)20-9-4-8-19(33(20)2)24-18(26(27,28)29)7-6-12-30-24/h5-7,10-12,19-20H,4,8-9,13-17H2,1-3H3/t19-,20+/m0/s1. The van der Waals surface area contributed by atoms with Crippen LogP contribution in [0.1, 0.15) is 54.0 Å². The molecule has 3 aromatic rings. The van der Waals surface area contributed by atoms with E-state index in [1.165, 1.54) is 12.3 Å². The maximum Gasteiger partial charge on any atom is 0.418 e. The fourth-order valence-corrected chi connectivity index (χ4v) is 5.69. The Hall–Kier alpha value is -2.69. The molecule has 0 spiro atoms. The Bertz CT molecular complexity index is 1200. The highest BCUT2D eigenvalue weighted by Gasteiger charge is 2.40. The van der Waals surface area contributed by atoms with Gasteiger partial charge >= 0.3 is 6.18 Å². The van der Waals surface area contributed by atoms with Crippen molar-refractivity contribution in [1.82, 2.24) is 24.2 Å². The van der Waals surface area contributed by atoms with Gasteiger partial charge in [0.1, 0.15) is 11.5 Å². The first-order valence-electron chi connectivity index (χ1n) is 12.5. The Morgan fingerprint density at radius 2 is 1.69 bits per heavy atom. The van der Waals surface area contributed by atoms with Gasteiger partial charge in [0.2, 0.25) is 0 Å². The van der Waals surface area contributed by atoms with Gasteiger partial charge in [0.05, 0.1) is 41.3 Å². The lowest BCUT2D eigenvalue weighted by atomic mass is 9.90. The molecule has 0 amide bonds. The fraction of sp³-hybridized carbons (Fsp3) is 0.538. The highest BCUT2D eigenvalue weighted by molar-refractivity contribution is 5.55. The zero-order chi connectivity index (χ0) is 25.4. The molecule has 2 aliphatic rings. The minimum atomic E-state index is -4.45. The van der Waals surface area contributed by atoms with E-state index in [0.29, 0.717) is 13.0 Å². The predicted octanol–water partition coefficient (Wildman–Crippen LogP) is 4.54. The number of ether oxygens (including phenoxy) is 1. The summed E-state index contributed by atoms with van der Waals surface area (Å²) in [5, 5.41) is 0. The molecule has 5 heterocycles. The van der Waals surface area contributed by atoms with Crippen LogP contribution in [0.2, 0.25) is 0 Å². The lowest BCUT2D eigenvalue weighted by Crippen LogP contribution is -2.45. The van der Waals surface area contributed by atoms with Crippen LogP contribution in [-0.4, -0.2) is 71.6 Å². The van der Waals surface area contributed by atoms with Gasteiger partial charge < -0.3 is 14.5 Å². The number of likely N-dealkylation sites (tertiary alicyclic amines) is 1. The Morgan fingerprint density at radius 1 is 0.972 bits per heavy atom. The molecule has 36 heavy (non-hydrogen) atoms. The summed E-state index contributed by atoms with van der Waals surface area (Å²) in [7, 11) is 5.69. The van der Waals surface area contributed by atoms with Crippen LogP contribution < -0.4 is 4.90 Å². The van der Waals surface area contributed by atoms with E-state index in [1.54, 1.807) is 7.11 Å². The predicted molar refractivity (Wildman–Crippen MR) is 132 cm³/mol. The van der Waals surface area contributed by atoms with Crippen molar-refractivity contribution >= 4 is 11.5 Å². The molecule has 2 aliphatic heterocycles.